The van der Waals surface area contributed by atoms with E-state index >= 15 is 0 Å². The van der Waals surface area contributed by atoms with Crippen molar-refractivity contribution in [1.29, 1.82) is 0 Å². The molecular weight excluding hydrogens is 391 g/mol. The van der Waals surface area contributed by atoms with Gasteiger partial charge in [-0.1, -0.05) is 147 Å². The van der Waals surface area contributed by atoms with Gasteiger partial charge in [-0.05, 0) is 29.3 Å². The van der Waals surface area contributed by atoms with E-state index in [1.807, 2.05) is 0 Å². The maximum atomic E-state index is 2.36. The van der Waals surface area contributed by atoms with Crippen LogP contribution in [0, 0.1) is 0 Å². The third-order valence-corrected chi connectivity index (χ3v) is 9.41. The lowest BCUT2D eigenvalue weighted by Gasteiger charge is -2.37. The van der Waals surface area contributed by atoms with Gasteiger partial charge >= 0.3 is 0 Å². The Balaban J connectivity index is 1.72. The van der Waals surface area contributed by atoms with Gasteiger partial charge in [-0.15, -0.1) is 0 Å². The van der Waals surface area contributed by atoms with Crippen LogP contribution in [-0.2, 0) is 0 Å². The number of allylic oxidation sites excluding steroid dienone is 8. The first-order valence-corrected chi connectivity index (χ1v) is 12.5. The Morgan fingerprint density at radius 2 is 0.935 bits per heavy atom. The first-order valence-electron chi connectivity index (χ1n) is 11.1. The summed E-state index contributed by atoms with van der Waals surface area (Å²) in [5, 5.41) is 1.47. The normalized spacial score (nSPS) is 16.9. The van der Waals surface area contributed by atoms with Crippen LogP contribution in [0.15, 0.2) is 139 Å². The van der Waals surface area contributed by atoms with Gasteiger partial charge in [0.1, 0.15) is 0 Å². The van der Waals surface area contributed by atoms with E-state index in [1.165, 1.54) is 27.6 Å². The van der Waals surface area contributed by atoms with Crippen molar-refractivity contribution in [2.75, 3.05) is 0 Å². The molecule has 0 radical (unpaired) electrons. The summed E-state index contributed by atoms with van der Waals surface area (Å²) in [5.74, 6) is 0. The van der Waals surface area contributed by atoms with E-state index < -0.39 is 7.92 Å². The molecule has 0 N–H and O–H groups in total. The van der Waals surface area contributed by atoms with E-state index in [9.17, 15) is 0 Å². The quantitative estimate of drug-likeness (QED) is 0.341. The van der Waals surface area contributed by atoms with Crippen LogP contribution in [0.25, 0.3) is 0 Å². The number of benzene rings is 3. The van der Waals surface area contributed by atoms with Crippen molar-refractivity contribution >= 4 is 13.2 Å². The van der Waals surface area contributed by atoms with E-state index in [0.717, 1.165) is 12.8 Å². The van der Waals surface area contributed by atoms with E-state index in [1.54, 1.807) is 0 Å². The smallest absolute Gasteiger partial charge is 0.0305 e. The molecule has 0 fully saturated rings. The molecule has 31 heavy (non-hydrogen) atoms. The molecule has 0 aliphatic heterocycles. The molecule has 2 aliphatic carbocycles. The Labute approximate surface area is 187 Å². The number of hydrogen-bond acceptors (Lipinski definition) is 0. The first-order chi connectivity index (χ1) is 15.4. The molecule has 0 spiro atoms. The average molecular weight is 419 g/mol. The molecule has 0 aromatic heterocycles. The Hall–Kier alpha value is -2.95. The summed E-state index contributed by atoms with van der Waals surface area (Å²) in [7, 11) is -0.574. The maximum absolute atomic E-state index is 2.36. The highest BCUT2D eigenvalue weighted by Gasteiger charge is 2.36. The molecule has 0 heterocycles. The Morgan fingerprint density at radius 1 is 0.516 bits per heavy atom. The molecule has 0 amide bonds. The van der Waals surface area contributed by atoms with Gasteiger partial charge in [0.2, 0.25) is 0 Å². The van der Waals surface area contributed by atoms with Crippen LogP contribution in [0.3, 0.4) is 0 Å². The fourth-order valence-electron chi connectivity index (χ4n) is 4.76. The van der Waals surface area contributed by atoms with Crippen LogP contribution in [0.1, 0.15) is 35.3 Å². The zero-order valence-electron chi connectivity index (χ0n) is 17.6. The van der Waals surface area contributed by atoms with Gasteiger partial charge in [0.05, 0.1) is 0 Å². The highest BCUT2D eigenvalue weighted by Crippen LogP contribution is 2.66. The van der Waals surface area contributed by atoms with Crippen LogP contribution in [-0.4, -0.2) is 0 Å². The summed E-state index contributed by atoms with van der Waals surface area (Å²) in [5.41, 5.74) is 6.71. The van der Waals surface area contributed by atoms with Crippen molar-refractivity contribution in [2.45, 2.75) is 24.2 Å². The van der Waals surface area contributed by atoms with E-state index in [-0.39, 0.29) is 0 Å². The predicted molar refractivity (Wildman–Crippen MR) is 135 cm³/mol. The molecule has 0 nitrogen and oxygen atoms in total. The summed E-state index contributed by atoms with van der Waals surface area (Å²) < 4.78 is 0. The van der Waals surface area contributed by atoms with E-state index in [0.29, 0.717) is 11.3 Å². The summed E-state index contributed by atoms with van der Waals surface area (Å²) >= 11 is 0. The fourth-order valence-corrected chi connectivity index (χ4v) is 8.25. The molecule has 2 atom stereocenters. The zero-order chi connectivity index (χ0) is 20.9. The van der Waals surface area contributed by atoms with Crippen LogP contribution in [0.5, 0.6) is 0 Å². The lowest BCUT2D eigenvalue weighted by atomic mass is 10.0. The standard InChI is InChI=1S/C30H27P/c1-4-14-24(15-5-1)29(26-18-10-11-19-26)31(28-22-8-3-9-23-28)30(27-20-12-13-21-27)25-16-6-2-7-17-25/h1-18,20,22-23,29-30H,19,21H2/t29-,30-/m0/s1. The second-order valence-electron chi connectivity index (χ2n) is 8.12. The fraction of sp³-hybridized carbons (Fsp3) is 0.133. The lowest BCUT2D eigenvalue weighted by molar-refractivity contribution is 0.987. The largest absolute Gasteiger partial charge is 0.0804 e. The van der Waals surface area contributed by atoms with E-state index in [2.05, 4.69) is 127 Å². The van der Waals surface area contributed by atoms with E-state index in [4.69, 9.17) is 0 Å². The molecule has 5 rings (SSSR count). The lowest BCUT2D eigenvalue weighted by Crippen LogP contribution is -2.16. The topological polar surface area (TPSA) is 0 Å². The van der Waals surface area contributed by atoms with Gasteiger partial charge < -0.3 is 0 Å². The van der Waals surface area contributed by atoms with Crippen molar-refractivity contribution < 1.29 is 0 Å². The highest BCUT2D eigenvalue weighted by atomic mass is 31.1. The summed E-state index contributed by atoms with van der Waals surface area (Å²) in [6, 6.07) is 33.6. The molecule has 0 saturated carbocycles. The molecule has 0 saturated heterocycles. The molecule has 152 valence electrons. The minimum atomic E-state index is -0.574. The van der Waals surface area contributed by atoms with Crippen molar-refractivity contribution in [2.24, 2.45) is 0 Å². The third kappa shape index (κ3) is 4.27. The Bertz CT molecular complexity index is 1050. The predicted octanol–water partition coefficient (Wildman–Crippen LogP) is 8.05. The average Bonchev–Trinajstić information content (AvgIpc) is 3.56. The minimum Gasteiger partial charge on any atom is -0.0804 e. The van der Waals surface area contributed by atoms with Gasteiger partial charge in [-0.3, -0.25) is 0 Å². The summed E-state index contributed by atoms with van der Waals surface area (Å²) in [4.78, 5) is 0. The van der Waals surface area contributed by atoms with Crippen LogP contribution < -0.4 is 5.30 Å². The molecule has 3 aromatic rings. The first kappa shape index (κ1) is 20.0. The molecule has 3 aromatic carbocycles. The van der Waals surface area contributed by atoms with Gasteiger partial charge in [-0.2, -0.15) is 0 Å². The van der Waals surface area contributed by atoms with Gasteiger partial charge in [0, 0.05) is 11.3 Å². The van der Waals surface area contributed by atoms with Crippen molar-refractivity contribution in [3.8, 4) is 0 Å². The Kier molecular flexibility index (Phi) is 6.10. The number of hydrogen-bond donors (Lipinski definition) is 0. The highest BCUT2D eigenvalue weighted by molar-refractivity contribution is 7.66. The molecule has 0 bridgehead atoms. The van der Waals surface area contributed by atoms with Gasteiger partial charge in [0.25, 0.3) is 0 Å². The summed E-state index contributed by atoms with van der Waals surface area (Å²) in [6.07, 6.45) is 15.9. The molecule has 2 aliphatic rings. The maximum Gasteiger partial charge on any atom is 0.0305 e. The van der Waals surface area contributed by atoms with Crippen LogP contribution in [0.4, 0.5) is 0 Å². The van der Waals surface area contributed by atoms with Crippen molar-refractivity contribution in [3.63, 3.8) is 0 Å². The molecular formula is C30H27P. The monoisotopic (exact) mass is 418 g/mol. The SMILES string of the molecule is C1=CCC([C@H](c2ccccc2)P(c2ccccc2)[C@H](C2=CC=CC2)c2ccccc2)=C1. The number of rotatable bonds is 7. The zero-order valence-corrected chi connectivity index (χ0v) is 18.5. The second-order valence-corrected chi connectivity index (χ2v) is 10.5. The molecule has 1 heteroatoms. The van der Waals surface area contributed by atoms with Crippen LogP contribution in [0.2, 0.25) is 0 Å². The van der Waals surface area contributed by atoms with Crippen molar-refractivity contribution in [3.05, 3.63) is 150 Å². The minimum absolute atomic E-state index is 0.389. The third-order valence-electron chi connectivity index (χ3n) is 6.14. The van der Waals surface area contributed by atoms with Gasteiger partial charge in [-0.25, -0.2) is 0 Å². The second kappa shape index (κ2) is 9.46. The summed E-state index contributed by atoms with van der Waals surface area (Å²) in [6.45, 7) is 0. The Morgan fingerprint density at radius 3 is 1.32 bits per heavy atom. The van der Waals surface area contributed by atoms with Gasteiger partial charge in [0.15, 0.2) is 0 Å². The molecule has 0 unspecified atom stereocenters. The van der Waals surface area contributed by atoms with Crippen molar-refractivity contribution in [1.82, 2.24) is 0 Å². The van der Waals surface area contributed by atoms with Crippen LogP contribution >= 0.6 is 7.92 Å².